The maximum Gasteiger partial charge on any atom is 0.254 e. The lowest BCUT2D eigenvalue weighted by molar-refractivity contribution is 0.0703. The molecule has 1 aliphatic rings. The van der Waals surface area contributed by atoms with Crippen LogP contribution >= 0.6 is 0 Å². The van der Waals surface area contributed by atoms with E-state index in [0.717, 1.165) is 42.1 Å². The third-order valence-corrected chi connectivity index (χ3v) is 5.35. The molecule has 2 aromatic heterocycles. The van der Waals surface area contributed by atoms with E-state index in [1.54, 1.807) is 12.3 Å². The Hall–Kier alpha value is -2.89. The summed E-state index contributed by atoms with van der Waals surface area (Å²) < 4.78 is 2.17. The van der Waals surface area contributed by atoms with Gasteiger partial charge in [-0.2, -0.15) is 0 Å². The van der Waals surface area contributed by atoms with Crippen molar-refractivity contribution in [3.05, 3.63) is 54.0 Å². The lowest BCUT2D eigenvalue weighted by Gasteiger charge is -2.32. The molecular formula is C21H25N5O. The Bertz CT molecular complexity index is 978. The first-order valence-electron chi connectivity index (χ1n) is 9.38. The standard InChI is InChI=1S/C21H25N5O/c1-24(2)19-13-15(10-11-22-19)21(27)26-12-6-7-16(14-26)20-23-17-8-4-5-9-18(17)25(20)3/h4-5,8-11,13,16H,6-7,12,14H2,1-3H3. The van der Waals surface area contributed by atoms with Gasteiger partial charge in [0.15, 0.2) is 0 Å². The number of amides is 1. The van der Waals surface area contributed by atoms with Gasteiger partial charge in [0.1, 0.15) is 11.6 Å². The van der Waals surface area contributed by atoms with E-state index in [-0.39, 0.29) is 11.8 Å². The number of anilines is 1. The molecule has 1 fully saturated rings. The highest BCUT2D eigenvalue weighted by atomic mass is 16.2. The number of aromatic nitrogens is 3. The van der Waals surface area contributed by atoms with E-state index in [1.165, 1.54) is 0 Å². The van der Waals surface area contributed by atoms with Crippen LogP contribution in [0.1, 0.15) is 34.9 Å². The Kier molecular flexibility index (Phi) is 4.56. The maximum absolute atomic E-state index is 13.1. The number of para-hydroxylation sites is 2. The molecule has 0 bridgehead atoms. The molecule has 0 aliphatic carbocycles. The number of benzene rings is 1. The van der Waals surface area contributed by atoms with Crippen molar-refractivity contribution in [2.24, 2.45) is 7.05 Å². The molecule has 140 valence electrons. The zero-order valence-electron chi connectivity index (χ0n) is 16.1. The van der Waals surface area contributed by atoms with Crippen molar-refractivity contribution < 1.29 is 4.79 Å². The topological polar surface area (TPSA) is 54.3 Å². The quantitative estimate of drug-likeness (QED) is 0.718. The molecule has 6 nitrogen and oxygen atoms in total. The first kappa shape index (κ1) is 17.5. The number of rotatable bonds is 3. The second-order valence-corrected chi connectivity index (χ2v) is 7.41. The summed E-state index contributed by atoms with van der Waals surface area (Å²) in [5.41, 5.74) is 2.85. The molecule has 0 spiro atoms. The first-order chi connectivity index (χ1) is 13.0. The third-order valence-electron chi connectivity index (χ3n) is 5.35. The smallest absolute Gasteiger partial charge is 0.254 e. The summed E-state index contributed by atoms with van der Waals surface area (Å²) >= 11 is 0. The Morgan fingerprint density at radius 1 is 1.22 bits per heavy atom. The molecule has 1 atom stereocenters. The third kappa shape index (κ3) is 3.27. The fourth-order valence-electron chi connectivity index (χ4n) is 3.88. The monoisotopic (exact) mass is 363 g/mol. The highest BCUT2D eigenvalue weighted by Crippen LogP contribution is 2.29. The number of fused-ring (bicyclic) bond motifs is 1. The molecule has 1 amide bonds. The Labute approximate surface area is 159 Å². The number of carbonyl (C=O) groups is 1. The summed E-state index contributed by atoms with van der Waals surface area (Å²) in [6, 6.07) is 11.9. The minimum atomic E-state index is 0.0731. The molecule has 6 heteroatoms. The highest BCUT2D eigenvalue weighted by Gasteiger charge is 2.28. The van der Waals surface area contributed by atoms with Crippen LogP contribution in [0.4, 0.5) is 5.82 Å². The zero-order valence-corrected chi connectivity index (χ0v) is 16.1. The number of piperidine rings is 1. The number of imidazole rings is 1. The van der Waals surface area contributed by atoms with Crippen molar-refractivity contribution >= 4 is 22.8 Å². The van der Waals surface area contributed by atoms with Gasteiger partial charge in [0.25, 0.3) is 5.91 Å². The van der Waals surface area contributed by atoms with Crippen LogP contribution in [0.5, 0.6) is 0 Å². The zero-order chi connectivity index (χ0) is 19.0. The van der Waals surface area contributed by atoms with E-state index >= 15 is 0 Å². The van der Waals surface area contributed by atoms with Crippen molar-refractivity contribution in [1.29, 1.82) is 0 Å². The van der Waals surface area contributed by atoms with Crippen LogP contribution in [0, 0.1) is 0 Å². The second-order valence-electron chi connectivity index (χ2n) is 7.41. The second kappa shape index (κ2) is 7.02. The van der Waals surface area contributed by atoms with E-state index < -0.39 is 0 Å². The van der Waals surface area contributed by atoms with Gasteiger partial charge < -0.3 is 14.4 Å². The Morgan fingerprint density at radius 2 is 2.04 bits per heavy atom. The molecule has 0 N–H and O–H groups in total. The van der Waals surface area contributed by atoms with E-state index in [9.17, 15) is 4.79 Å². The summed E-state index contributed by atoms with van der Waals surface area (Å²) in [7, 11) is 5.93. The number of pyridine rings is 1. The number of aryl methyl sites for hydroxylation is 1. The minimum Gasteiger partial charge on any atom is -0.363 e. The average Bonchev–Trinajstić information content (AvgIpc) is 3.04. The van der Waals surface area contributed by atoms with Crippen molar-refractivity contribution in [3.63, 3.8) is 0 Å². The molecule has 0 radical (unpaired) electrons. The Morgan fingerprint density at radius 3 is 2.81 bits per heavy atom. The van der Waals surface area contributed by atoms with Crippen molar-refractivity contribution in [2.45, 2.75) is 18.8 Å². The molecule has 4 rings (SSSR count). The van der Waals surface area contributed by atoms with Crippen LogP contribution in [-0.4, -0.2) is 52.5 Å². The fourth-order valence-corrected chi connectivity index (χ4v) is 3.88. The Balaban J connectivity index is 1.58. The summed E-state index contributed by atoms with van der Waals surface area (Å²) in [6.07, 6.45) is 3.75. The lowest BCUT2D eigenvalue weighted by Crippen LogP contribution is -2.39. The molecule has 1 aliphatic heterocycles. The van der Waals surface area contributed by atoms with E-state index in [2.05, 4.69) is 22.7 Å². The number of likely N-dealkylation sites (tertiary alicyclic amines) is 1. The molecule has 1 aromatic carbocycles. The van der Waals surface area contributed by atoms with E-state index in [1.807, 2.05) is 48.2 Å². The van der Waals surface area contributed by atoms with Gasteiger partial charge in [0.05, 0.1) is 11.0 Å². The van der Waals surface area contributed by atoms with Gasteiger partial charge in [-0.3, -0.25) is 4.79 Å². The van der Waals surface area contributed by atoms with Gasteiger partial charge in [-0.1, -0.05) is 12.1 Å². The van der Waals surface area contributed by atoms with Crippen LogP contribution in [0.25, 0.3) is 11.0 Å². The van der Waals surface area contributed by atoms with Gasteiger partial charge in [0.2, 0.25) is 0 Å². The molecule has 3 aromatic rings. The SMILES string of the molecule is CN(C)c1cc(C(=O)N2CCCC(c3nc4ccccc4n3C)C2)ccn1. The molecule has 1 unspecified atom stereocenters. The van der Waals surface area contributed by atoms with Gasteiger partial charge in [0, 0.05) is 51.9 Å². The van der Waals surface area contributed by atoms with Crippen LogP contribution < -0.4 is 4.90 Å². The van der Waals surface area contributed by atoms with Gasteiger partial charge >= 0.3 is 0 Å². The van der Waals surface area contributed by atoms with Crippen LogP contribution in [0.2, 0.25) is 0 Å². The summed E-state index contributed by atoms with van der Waals surface area (Å²) in [6.45, 7) is 1.49. The van der Waals surface area contributed by atoms with Gasteiger partial charge in [-0.25, -0.2) is 9.97 Å². The van der Waals surface area contributed by atoms with E-state index in [0.29, 0.717) is 12.1 Å². The molecular weight excluding hydrogens is 338 g/mol. The van der Waals surface area contributed by atoms with Crippen molar-refractivity contribution in [3.8, 4) is 0 Å². The summed E-state index contributed by atoms with van der Waals surface area (Å²) in [5.74, 6) is 2.20. The minimum absolute atomic E-state index is 0.0731. The average molecular weight is 363 g/mol. The number of hydrogen-bond donors (Lipinski definition) is 0. The van der Waals surface area contributed by atoms with Crippen molar-refractivity contribution in [1.82, 2.24) is 19.4 Å². The normalized spacial score (nSPS) is 17.3. The molecule has 27 heavy (non-hydrogen) atoms. The summed E-state index contributed by atoms with van der Waals surface area (Å²) in [5, 5.41) is 0. The largest absolute Gasteiger partial charge is 0.363 e. The number of carbonyl (C=O) groups excluding carboxylic acids is 1. The van der Waals surface area contributed by atoms with Gasteiger partial charge in [-0.05, 0) is 37.1 Å². The van der Waals surface area contributed by atoms with Gasteiger partial charge in [-0.15, -0.1) is 0 Å². The molecule has 1 saturated heterocycles. The first-order valence-corrected chi connectivity index (χ1v) is 9.38. The number of hydrogen-bond acceptors (Lipinski definition) is 4. The molecule has 3 heterocycles. The molecule has 0 saturated carbocycles. The van der Waals surface area contributed by atoms with Crippen LogP contribution in [0.3, 0.4) is 0 Å². The van der Waals surface area contributed by atoms with Crippen molar-refractivity contribution in [2.75, 3.05) is 32.1 Å². The predicted molar refractivity (Wildman–Crippen MR) is 107 cm³/mol. The summed E-state index contributed by atoms with van der Waals surface area (Å²) in [4.78, 5) is 26.1. The highest BCUT2D eigenvalue weighted by molar-refractivity contribution is 5.95. The lowest BCUT2D eigenvalue weighted by atomic mass is 9.96. The van der Waals surface area contributed by atoms with Crippen LogP contribution in [0.15, 0.2) is 42.6 Å². The predicted octanol–water partition coefficient (Wildman–Crippen LogP) is 3.05. The van der Waals surface area contributed by atoms with Crippen LogP contribution in [-0.2, 0) is 7.05 Å². The number of nitrogens with zero attached hydrogens (tertiary/aromatic N) is 5. The fraction of sp³-hybridized carbons (Fsp3) is 0.381. The van der Waals surface area contributed by atoms with E-state index in [4.69, 9.17) is 4.98 Å². The maximum atomic E-state index is 13.1.